The van der Waals surface area contributed by atoms with Gasteiger partial charge in [0, 0.05) is 16.8 Å². The van der Waals surface area contributed by atoms with Gasteiger partial charge in [-0.2, -0.15) is 0 Å². The van der Waals surface area contributed by atoms with Gasteiger partial charge in [-0.1, -0.05) is 6.07 Å². The van der Waals surface area contributed by atoms with E-state index in [1.54, 1.807) is 30.3 Å². The summed E-state index contributed by atoms with van der Waals surface area (Å²) in [7, 11) is 0. The highest BCUT2D eigenvalue weighted by Crippen LogP contribution is 2.23. The Labute approximate surface area is 122 Å². The molecule has 2 aromatic carbocycles. The Hall–Kier alpha value is -2.53. The predicted octanol–water partition coefficient (Wildman–Crippen LogP) is 2.54. The maximum absolute atomic E-state index is 12.1. The Bertz CT molecular complexity index is 640. The van der Waals surface area contributed by atoms with Gasteiger partial charge >= 0.3 is 0 Å². The second kappa shape index (κ2) is 6.76. The molecule has 0 unspecified atom stereocenters. The number of amides is 1. The van der Waals surface area contributed by atoms with Crippen LogP contribution in [-0.4, -0.2) is 22.7 Å². The molecule has 3 N–H and O–H groups in total. The third kappa shape index (κ3) is 3.73. The molecule has 0 bridgehead atoms. The lowest BCUT2D eigenvalue weighted by Gasteiger charge is -2.11. The van der Waals surface area contributed by atoms with Gasteiger partial charge in [-0.05, 0) is 43.3 Å². The van der Waals surface area contributed by atoms with E-state index in [0.29, 0.717) is 29.2 Å². The summed E-state index contributed by atoms with van der Waals surface area (Å²) in [5.74, 6) is 0.291. The molecule has 0 spiro atoms. The van der Waals surface area contributed by atoms with E-state index in [0.717, 1.165) is 0 Å². The van der Waals surface area contributed by atoms with E-state index in [1.807, 2.05) is 6.92 Å². The summed E-state index contributed by atoms with van der Waals surface area (Å²) < 4.78 is 5.38. The van der Waals surface area contributed by atoms with Crippen LogP contribution in [0.5, 0.6) is 11.5 Å². The van der Waals surface area contributed by atoms with Gasteiger partial charge in [0.15, 0.2) is 0 Å². The second-order valence-electron chi connectivity index (χ2n) is 4.42. The molecule has 0 fully saturated rings. The number of carbonyl (C=O) groups is 1. The lowest BCUT2D eigenvalue weighted by Crippen LogP contribution is -2.12. The first-order chi connectivity index (χ1) is 10.1. The number of hydrogen-bond donors (Lipinski definition) is 3. The lowest BCUT2D eigenvalue weighted by molar-refractivity contribution is 0.102. The van der Waals surface area contributed by atoms with Gasteiger partial charge in [0.1, 0.15) is 11.5 Å². The fraction of sp³-hybridized carbons (Fsp3) is 0.188. The molecule has 0 radical (unpaired) electrons. The van der Waals surface area contributed by atoms with E-state index >= 15 is 0 Å². The number of nitrogens with one attached hydrogen (secondary N) is 1. The Morgan fingerprint density at radius 1 is 1.24 bits per heavy atom. The molecular weight excluding hydrogens is 270 g/mol. The van der Waals surface area contributed by atoms with Crippen LogP contribution in [0.15, 0.2) is 42.5 Å². The fourth-order valence-electron chi connectivity index (χ4n) is 1.93. The van der Waals surface area contributed by atoms with Gasteiger partial charge in [0.25, 0.3) is 5.91 Å². The van der Waals surface area contributed by atoms with E-state index in [2.05, 4.69) is 5.32 Å². The van der Waals surface area contributed by atoms with Crippen LogP contribution in [0, 0.1) is 0 Å². The lowest BCUT2D eigenvalue weighted by atomic mass is 10.1. The zero-order valence-corrected chi connectivity index (χ0v) is 11.7. The van der Waals surface area contributed by atoms with Crippen molar-refractivity contribution in [1.82, 2.24) is 0 Å². The Kier molecular flexibility index (Phi) is 4.79. The number of phenolic OH excluding ortho intramolecular Hbond substituents is 1. The molecule has 0 aliphatic carbocycles. The number of hydrogen-bond acceptors (Lipinski definition) is 4. The van der Waals surface area contributed by atoms with Crippen molar-refractivity contribution < 1.29 is 19.7 Å². The van der Waals surface area contributed by atoms with E-state index in [4.69, 9.17) is 4.74 Å². The summed E-state index contributed by atoms with van der Waals surface area (Å²) in [6, 6.07) is 11.1. The first kappa shape index (κ1) is 14.9. The van der Waals surface area contributed by atoms with E-state index < -0.39 is 0 Å². The highest BCUT2D eigenvalue weighted by molar-refractivity contribution is 6.04. The molecule has 0 saturated carbocycles. The van der Waals surface area contributed by atoms with Gasteiger partial charge in [0.2, 0.25) is 0 Å². The summed E-state index contributed by atoms with van der Waals surface area (Å²) >= 11 is 0. The highest BCUT2D eigenvalue weighted by atomic mass is 16.5. The van der Waals surface area contributed by atoms with Crippen LogP contribution in [0.25, 0.3) is 0 Å². The molecule has 2 aromatic rings. The molecule has 0 aliphatic rings. The van der Waals surface area contributed by atoms with Crippen molar-refractivity contribution in [2.45, 2.75) is 13.5 Å². The molecule has 0 saturated heterocycles. The summed E-state index contributed by atoms with van der Waals surface area (Å²) in [4.78, 5) is 12.1. The minimum absolute atomic E-state index is 0.0328. The molecule has 0 heterocycles. The van der Waals surface area contributed by atoms with Gasteiger partial charge in [0.05, 0.1) is 13.2 Å². The SMILES string of the molecule is CCOc1ccc(NC(=O)c2cccc(O)c2)cc1CO. The molecule has 1 amide bonds. The minimum atomic E-state index is -0.334. The van der Waals surface area contributed by atoms with Crippen molar-refractivity contribution in [3.8, 4) is 11.5 Å². The van der Waals surface area contributed by atoms with Crippen LogP contribution in [-0.2, 0) is 6.61 Å². The van der Waals surface area contributed by atoms with Crippen molar-refractivity contribution in [3.63, 3.8) is 0 Å². The van der Waals surface area contributed by atoms with Crippen LogP contribution in [0.3, 0.4) is 0 Å². The number of ether oxygens (including phenoxy) is 1. The number of aromatic hydroxyl groups is 1. The average molecular weight is 287 g/mol. The molecular formula is C16H17NO4. The maximum Gasteiger partial charge on any atom is 0.255 e. The average Bonchev–Trinajstić information content (AvgIpc) is 2.49. The number of aliphatic hydroxyl groups is 1. The standard InChI is InChI=1S/C16H17NO4/c1-2-21-15-7-6-13(8-12(15)10-18)17-16(20)11-4-3-5-14(19)9-11/h3-9,18-19H,2,10H2,1H3,(H,17,20). The fourth-order valence-corrected chi connectivity index (χ4v) is 1.93. The quantitative estimate of drug-likeness (QED) is 0.789. The van der Waals surface area contributed by atoms with E-state index in [1.165, 1.54) is 12.1 Å². The van der Waals surface area contributed by atoms with Crippen molar-refractivity contribution >= 4 is 11.6 Å². The second-order valence-corrected chi connectivity index (χ2v) is 4.42. The van der Waals surface area contributed by atoms with Crippen molar-refractivity contribution in [2.75, 3.05) is 11.9 Å². The van der Waals surface area contributed by atoms with Crippen LogP contribution >= 0.6 is 0 Å². The Morgan fingerprint density at radius 3 is 2.71 bits per heavy atom. The normalized spacial score (nSPS) is 10.2. The van der Waals surface area contributed by atoms with Gasteiger partial charge in [-0.15, -0.1) is 0 Å². The largest absolute Gasteiger partial charge is 0.508 e. The number of carbonyl (C=O) groups excluding carboxylic acids is 1. The molecule has 0 aromatic heterocycles. The van der Waals surface area contributed by atoms with E-state index in [9.17, 15) is 15.0 Å². The van der Waals surface area contributed by atoms with Gasteiger partial charge in [-0.25, -0.2) is 0 Å². The number of phenols is 1. The van der Waals surface area contributed by atoms with Gasteiger partial charge in [-0.3, -0.25) is 4.79 Å². The van der Waals surface area contributed by atoms with Crippen molar-refractivity contribution in [1.29, 1.82) is 0 Å². The first-order valence-corrected chi connectivity index (χ1v) is 6.61. The van der Waals surface area contributed by atoms with Crippen molar-refractivity contribution in [3.05, 3.63) is 53.6 Å². The molecule has 0 aliphatic heterocycles. The van der Waals surface area contributed by atoms with Crippen molar-refractivity contribution in [2.24, 2.45) is 0 Å². The summed E-state index contributed by atoms with van der Waals surface area (Å²) in [5, 5.41) is 21.4. The first-order valence-electron chi connectivity index (χ1n) is 6.61. The molecule has 0 atom stereocenters. The van der Waals surface area contributed by atoms with Gasteiger partial charge < -0.3 is 20.3 Å². The zero-order chi connectivity index (χ0) is 15.2. The highest BCUT2D eigenvalue weighted by Gasteiger charge is 2.09. The molecule has 5 nitrogen and oxygen atoms in total. The summed E-state index contributed by atoms with van der Waals surface area (Å²) in [6.07, 6.45) is 0. The van der Waals surface area contributed by atoms with Crippen LogP contribution in [0.2, 0.25) is 0 Å². The molecule has 2 rings (SSSR count). The molecule has 5 heteroatoms. The topological polar surface area (TPSA) is 78.8 Å². The Balaban J connectivity index is 2.17. The summed E-state index contributed by atoms with van der Waals surface area (Å²) in [6.45, 7) is 2.19. The molecule has 21 heavy (non-hydrogen) atoms. The Morgan fingerprint density at radius 2 is 2.05 bits per heavy atom. The minimum Gasteiger partial charge on any atom is -0.508 e. The monoisotopic (exact) mass is 287 g/mol. The van der Waals surface area contributed by atoms with E-state index in [-0.39, 0.29) is 18.3 Å². The third-order valence-electron chi connectivity index (χ3n) is 2.90. The van der Waals surface area contributed by atoms with Crippen LogP contribution in [0.4, 0.5) is 5.69 Å². The zero-order valence-electron chi connectivity index (χ0n) is 11.7. The smallest absolute Gasteiger partial charge is 0.255 e. The third-order valence-corrected chi connectivity index (χ3v) is 2.90. The number of rotatable bonds is 5. The number of anilines is 1. The number of aliphatic hydroxyl groups excluding tert-OH is 1. The maximum atomic E-state index is 12.1. The van der Waals surface area contributed by atoms with Crippen LogP contribution in [0.1, 0.15) is 22.8 Å². The predicted molar refractivity (Wildman–Crippen MR) is 79.6 cm³/mol. The number of benzene rings is 2. The van der Waals surface area contributed by atoms with Crippen LogP contribution < -0.4 is 10.1 Å². The summed E-state index contributed by atoms with van der Waals surface area (Å²) in [5.41, 5.74) is 1.51. The molecule has 110 valence electrons.